The standard InChI is InChI=1S/C15H12Br2N2O2/c16-11-4-5-14(17)13(9-11)15(20)19(7-2-6-18)10-12-3-1-8-21-12/h1,3-5,8-9H,2,7,10H2. The van der Waals surface area contributed by atoms with E-state index in [0.29, 0.717) is 24.4 Å². The maximum absolute atomic E-state index is 12.7. The minimum absolute atomic E-state index is 0.144. The average molecular weight is 412 g/mol. The fourth-order valence-corrected chi connectivity index (χ4v) is 2.64. The molecule has 0 atom stereocenters. The van der Waals surface area contributed by atoms with E-state index in [2.05, 4.69) is 37.9 Å². The Kier molecular flexibility index (Phi) is 5.59. The van der Waals surface area contributed by atoms with Gasteiger partial charge in [0.25, 0.3) is 5.91 Å². The summed E-state index contributed by atoms with van der Waals surface area (Å²) in [5, 5.41) is 8.76. The van der Waals surface area contributed by atoms with Crippen molar-refractivity contribution in [2.24, 2.45) is 0 Å². The molecule has 0 saturated heterocycles. The van der Waals surface area contributed by atoms with Crippen LogP contribution in [-0.2, 0) is 6.54 Å². The Morgan fingerprint density at radius 1 is 1.33 bits per heavy atom. The van der Waals surface area contributed by atoms with Gasteiger partial charge >= 0.3 is 0 Å². The molecule has 0 aliphatic heterocycles. The molecule has 108 valence electrons. The third kappa shape index (κ3) is 4.19. The molecule has 1 aromatic heterocycles. The van der Waals surface area contributed by atoms with Crippen LogP contribution in [0.4, 0.5) is 0 Å². The van der Waals surface area contributed by atoms with Crippen LogP contribution in [0.15, 0.2) is 50.0 Å². The minimum atomic E-state index is -0.144. The Balaban J connectivity index is 2.24. The number of benzene rings is 1. The third-order valence-corrected chi connectivity index (χ3v) is 4.05. The molecular formula is C15H12Br2N2O2. The molecule has 1 amide bonds. The van der Waals surface area contributed by atoms with Gasteiger partial charge in [-0.05, 0) is 46.3 Å². The van der Waals surface area contributed by atoms with Gasteiger partial charge in [-0.1, -0.05) is 15.9 Å². The summed E-state index contributed by atoms with van der Waals surface area (Å²) in [6, 6.07) is 11.1. The molecule has 2 aromatic rings. The molecule has 21 heavy (non-hydrogen) atoms. The lowest BCUT2D eigenvalue weighted by Gasteiger charge is -2.21. The molecule has 2 rings (SSSR count). The molecule has 0 aliphatic carbocycles. The van der Waals surface area contributed by atoms with E-state index in [4.69, 9.17) is 9.68 Å². The van der Waals surface area contributed by atoms with Crippen LogP contribution < -0.4 is 0 Å². The smallest absolute Gasteiger partial charge is 0.255 e. The Hall–Kier alpha value is -1.58. The highest BCUT2D eigenvalue weighted by atomic mass is 79.9. The minimum Gasteiger partial charge on any atom is -0.467 e. The summed E-state index contributed by atoms with van der Waals surface area (Å²) < 4.78 is 6.83. The van der Waals surface area contributed by atoms with Crippen LogP contribution in [-0.4, -0.2) is 17.4 Å². The summed E-state index contributed by atoms with van der Waals surface area (Å²) >= 11 is 6.75. The van der Waals surface area contributed by atoms with Gasteiger partial charge in [-0.2, -0.15) is 5.26 Å². The maximum atomic E-state index is 12.7. The van der Waals surface area contributed by atoms with Crippen molar-refractivity contribution in [2.75, 3.05) is 6.54 Å². The van der Waals surface area contributed by atoms with Gasteiger partial charge in [0.1, 0.15) is 5.76 Å². The predicted molar refractivity (Wildman–Crippen MR) is 85.5 cm³/mol. The normalized spacial score (nSPS) is 10.1. The molecule has 4 nitrogen and oxygen atoms in total. The Morgan fingerprint density at radius 2 is 2.14 bits per heavy atom. The van der Waals surface area contributed by atoms with Gasteiger partial charge in [0.05, 0.1) is 30.9 Å². The van der Waals surface area contributed by atoms with Crippen molar-refractivity contribution >= 4 is 37.8 Å². The average Bonchev–Trinajstić information content (AvgIpc) is 2.98. The van der Waals surface area contributed by atoms with Crippen LogP contribution in [0, 0.1) is 11.3 Å². The second-order valence-electron chi connectivity index (χ2n) is 4.34. The predicted octanol–water partition coefficient (Wildman–Crippen LogP) is 4.36. The van der Waals surface area contributed by atoms with Gasteiger partial charge in [0, 0.05) is 15.5 Å². The SMILES string of the molecule is N#CCCN(Cc1ccco1)C(=O)c1cc(Br)ccc1Br. The van der Waals surface area contributed by atoms with Crippen molar-refractivity contribution in [3.8, 4) is 6.07 Å². The fourth-order valence-electron chi connectivity index (χ4n) is 1.86. The summed E-state index contributed by atoms with van der Waals surface area (Å²) in [6.45, 7) is 0.696. The fraction of sp³-hybridized carbons (Fsp3) is 0.200. The number of nitriles is 1. The zero-order chi connectivity index (χ0) is 15.2. The van der Waals surface area contributed by atoms with E-state index in [1.54, 1.807) is 23.3 Å². The van der Waals surface area contributed by atoms with Crippen molar-refractivity contribution in [3.05, 3.63) is 56.9 Å². The molecule has 1 heterocycles. The van der Waals surface area contributed by atoms with Crippen LogP contribution in [0.1, 0.15) is 22.5 Å². The van der Waals surface area contributed by atoms with Crippen LogP contribution in [0.3, 0.4) is 0 Å². The van der Waals surface area contributed by atoms with E-state index in [0.717, 1.165) is 8.95 Å². The number of hydrogen-bond donors (Lipinski definition) is 0. The lowest BCUT2D eigenvalue weighted by atomic mass is 10.2. The number of rotatable bonds is 5. The topological polar surface area (TPSA) is 57.2 Å². The molecule has 0 spiro atoms. The summed E-state index contributed by atoms with van der Waals surface area (Å²) in [5.74, 6) is 0.544. The number of carbonyl (C=O) groups excluding carboxylic acids is 1. The maximum Gasteiger partial charge on any atom is 0.255 e. The highest BCUT2D eigenvalue weighted by molar-refractivity contribution is 9.11. The highest BCUT2D eigenvalue weighted by Gasteiger charge is 2.19. The molecule has 0 fully saturated rings. The second kappa shape index (κ2) is 7.43. The van der Waals surface area contributed by atoms with Crippen LogP contribution in [0.2, 0.25) is 0 Å². The molecule has 0 unspecified atom stereocenters. The monoisotopic (exact) mass is 410 g/mol. The van der Waals surface area contributed by atoms with E-state index in [1.165, 1.54) is 0 Å². The van der Waals surface area contributed by atoms with Crippen molar-refractivity contribution in [3.63, 3.8) is 0 Å². The van der Waals surface area contributed by atoms with Crippen molar-refractivity contribution in [1.82, 2.24) is 4.90 Å². The van der Waals surface area contributed by atoms with E-state index in [9.17, 15) is 4.79 Å². The summed E-state index contributed by atoms with van der Waals surface area (Å²) in [7, 11) is 0. The van der Waals surface area contributed by atoms with Crippen molar-refractivity contribution < 1.29 is 9.21 Å². The first kappa shape index (κ1) is 15.8. The molecule has 0 N–H and O–H groups in total. The molecule has 1 aromatic carbocycles. The Labute approximate surface area is 139 Å². The molecule has 6 heteroatoms. The third-order valence-electron chi connectivity index (χ3n) is 2.87. The zero-order valence-electron chi connectivity index (χ0n) is 11.1. The van der Waals surface area contributed by atoms with Gasteiger partial charge in [0.15, 0.2) is 0 Å². The van der Waals surface area contributed by atoms with Crippen LogP contribution >= 0.6 is 31.9 Å². The first-order valence-corrected chi connectivity index (χ1v) is 7.84. The quantitative estimate of drug-likeness (QED) is 0.734. The summed E-state index contributed by atoms with van der Waals surface area (Å²) in [4.78, 5) is 14.3. The highest BCUT2D eigenvalue weighted by Crippen LogP contribution is 2.23. The van der Waals surface area contributed by atoms with E-state index in [-0.39, 0.29) is 12.3 Å². The Bertz CT molecular complexity index is 663. The number of halogens is 2. The zero-order valence-corrected chi connectivity index (χ0v) is 14.2. The number of amides is 1. The second-order valence-corrected chi connectivity index (χ2v) is 6.11. The van der Waals surface area contributed by atoms with Crippen molar-refractivity contribution in [2.45, 2.75) is 13.0 Å². The number of carbonyl (C=O) groups is 1. The van der Waals surface area contributed by atoms with Gasteiger partial charge in [-0.15, -0.1) is 0 Å². The number of furan rings is 1. The molecular weight excluding hydrogens is 400 g/mol. The largest absolute Gasteiger partial charge is 0.467 e. The van der Waals surface area contributed by atoms with Gasteiger partial charge in [-0.25, -0.2) is 0 Å². The van der Waals surface area contributed by atoms with Crippen LogP contribution in [0.25, 0.3) is 0 Å². The molecule has 0 radical (unpaired) electrons. The number of nitrogens with zero attached hydrogens (tertiary/aromatic N) is 2. The number of hydrogen-bond acceptors (Lipinski definition) is 3. The first-order chi connectivity index (χ1) is 10.1. The van der Waals surface area contributed by atoms with Gasteiger partial charge < -0.3 is 9.32 Å². The first-order valence-electron chi connectivity index (χ1n) is 6.25. The van der Waals surface area contributed by atoms with E-state index < -0.39 is 0 Å². The van der Waals surface area contributed by atoms with Gasteiger partial charge in [-0.3, -0.25) is 4.79 Å². The lowest BCUT2D eigenvalue weighted by molar-refractivity contribution is 0.0734. The molecule has 0 saturated carbocycles. The van der Waals surface area contributed by atoms with E-state index >= 15 is 0 Å². The Morgan fingerprint density at radius 3 is 2.81 bits per heavy atom. The summed E-state index contributed by atoms with van der Waals surface area (Å²) in [6.07, 6.45) is 1.84. The van der Waals surface area contributed by atoms with Crippen molar-refractivity contribution in [1.29, 1.82) is 5.26 Å². The summed E-state index contributed by atoms with van der Waals surface area (Å²) in [5.41, 5.74) is 0.550. The van der Waals surface area contributed by atoms with E-state index in [1.807, 2.05) is 18.2 Å². The molecule has 0 bridgehead atoms. The van der Waals surface area contributed by atoms with Crippen LogP contribution in [0.5, 0.6) is 0 Å². The van der Waals surface area contributed by atoms with Gasteiger partial charge in [0.2, 0.25) is 0 Å². The molecule has 0 aliphatic rings. The lowest BCUT2D eigenvalue weighted by Crippen LogP contribution is -2.31.